The number of rotatable bonds is 5. The Balaban J connectivity index is 2.80. The lowest BCUT2D eigenvalue weighted by molar-refractivity contribution is -0.139. The molecule has 0 bridgehead atoms. The second-order valence-electron chi connectivity index (χ2n) is 3.64. The Kier molecular flexibility index (Phi) is 6.34. The fraction of sp³-hybridized carbons (Fsp3) is 0.167. The van der Waals surface area contributed by atoms with Crippen LogP contribution >= 0.6 is 15.9 Å². The van der Waals surface area contributed by atoms with Crippen LogP contribution in [0, 0.1) is 0 Å². The molecule has 0 heterocycles. The van der Waals surface area contributed by atoms with Crippen LogP contribution in [0.2, 0.25) is 0 Å². The lowest BCUT2D eigenvalue weighted by Crippen LogP contribution is -2.35. The smallest absolute Gasteiger partial charge is 0.341 e. The van der Waals surface area contributed by atoms with Crippen LogP contribution in [0.15, 0.2) is 27.8 Å². The van der Waals surface area contributed by atoms with Crippen LogP contribution < -0.4 is 15.5 Å². The van der Waals surface area contributed by atoms with E-state index in [-0.39, 0.29) is 5.75 Å². The highest BCUT2D eigenvalue weighted by Gasteiger charge is 2.09. The summed E-state index contributed by atoms with van der Waals surface area (Å²) in [5.74, 6) is -2.59. The van der Waals surface area contributed by atoms with E-state index >= 15 is 0 Å². The van der Waals surface area contributed by atoms with Crippen LogP contribution in [-0.4, -0.2) is 42.8 Å². The van der Waals surface area contributed by atoms with Crippen molar-refractivity contribution in [2.24, 2.45) is 5.10 Å². The molecule has 0 radical (unpaired) electrons. The first kappa shape index (κ1) is 16.6. The summed E-state index contributed by atoms with van der Waals surface area (Å²) in [5.41, 5.74) is 2.46. The summed E-state index contributed by atoms with van der Waals surface area (Å²) < 4.78 is 5.79. The van der Waals surface area contributed by atoms with E-state index in [1.165, 1.54) is 13.3 Å². The standard InChI is InChI=1S/C12H12BrN3O5/c1-14-11(19)12(20)16-15-5-7-4-8(13)2-3-9(7)21-6-10(17)18/h2-5H,6H2,1H3,(H,14,19)(H,16,20)(H,17,18)/b15-5-. The van der Waals surface area contributed by atoms with Crippen LogP contribution in [0.1, 0.15) is 5.56 Å². The maximum absolute atomic E-state index is 11.2. The summed E-state index contributed by atoms with van der Waals surface area (Å²) in [6.07, 6.45) is 1.24. The number of benzene rings is 1. The average molecular weight is 358 g/mol. The van der Waals surface area contributed by atoms with Gasteiger partial charge in [-0.1, -0.05) is 15.9 Å². The third-order valence-corrected chi connectivity index (χ3v) is 2.62. The maximum atomic E-state index is 11.2. The number of carboxylic acids is 1. The van der Waals surface area contributed by atoms with Crippen LogP contribution in [0.25, 0.3) is 0 Å². The Morgan fingerprint density at radius 2 is 2.10 bits per heavy atom. The van der Waals surface area contributed by atoms with Crippen molar-refractivity contribution < 1.29 is 24.2 Å². The molecule has 0 aliphatic heterocycles. The molecule has 0 aliphatic carbocycles. The number of amides is 2. The number of carboxylic acid groups (broad SMARTS) is 1. The minimum absolute atomic E-state index is 0.276. The van der Waals surface area contributed by atoms with Crippen molar-refractivity contribution in [2.45, 2.75) is 0 Å². The van der Waals surface area contributed by atoms with Crippen LogP contribution in [0.4, 0.5) is 0 Å². The highest BCUT2D eigenvalue weighted by atomic mass is 79.9. The van der Waals surface area contributed by atoms with Crippen molar-refractivity contribution in [3.05, 3.63) is 28.2 Å². The van der Waals surface area contributed by atoms with E-state index in [1.807, 2.05) is 5.43 Å². The molecule has 0 unspecified atom stereocenters. The van der Waals surface area contributed by atoms with Gasteiger partial charge in [-0.05, 0) is 18.2 Å². The maximum Gasteiger partial charge on any atom is 0.341 e. The number of nitrogens with one attached hydrogen (secondary N) is 2. The summed E-state index contributed by atoms with van der Waals surface area (Å²) >= 11 is 3.25. The second kappa shape index (κ2) is 8.00. The molecule has 1 aromatic carbocycles. The lowest BCUT2D eigenvalue weighted by Gasteiger charge is -2.07. The number of hydrazone groups is 1. The molecule has 0 aliphatic rings. The van der Waals surface area contributed by atoms with Gasteiger partial charge in [-0.3, -0.25) is 9.59 Å². The molecular formula is C12H12BrN3O5. The van der Waals surface area contributed by atoms with Gasteiger partial charge in [0, 0.05) is 17.1 Å². The van der Waals surface area contributed by atoms with Crippen molar-refractivity contribution in [3.63, 3.8) is 0 Å². The van der Waals surface area contributed by atoms with Gasteiger partial charge in [-0.25, -0.2) is 10.2 Å². The Hall–Kier alpha value is -2.42. The average Bonchev–Trinajstić information content (AvgIpc) is 2.45. The van der Waals surface area contributed by atoms with Crippen LogP contribution in [-0.2, 0) is 14.4 Å². The third kappa shape index (κ3) is 5.61. The fourth-order valence-electron chi connectivity index (χ4n) is 1.22. The first-order chi connectivity index (χ1) is 9.93. The van der Waals surface area contributed by atoms with E-state index in [4.69, 9.17) is 9.84 Å². The van der Waals surface area contributed by atoms with Gasteiger partial charge in [0.15, 0.2) is 6.61 Å². The number of hydrogen-bond acceptors (Lipinski definition) is 5. The predicted octanol–water partition coefficient (Wildman–Crippen LogP) is 0.109. The van der Waals surface area contributed by atoms with Gasteiger partial charge in [0.05, 0.1) is 6.21 Å². The predicted molar refractivity (Wildman–Crippen MR) is 77.1 cm³/mol. The molecule has 0 atom stereocenters. The highest BCUT2D eigenvalue weighted by Crippen LogP contribution is 2.21. The molecule has 2 amide bonds. The first-order valence-electron chi connectivity index (χ1n) is 5.63. The van der Waals surface area contributed by atoms with Gasteiger partial charge in [-0.2, -0.15) is 5.10 Å². The van der Waals surface area contributed by atoms with Crippen LogP contribution in [0.5, 0.6) is 5.75 Å². The number of nitrogens with zero attached hydrogens (tertiary/aromatic N) is 1. The zero-order valence-electron chi connectivity index (χ0n) is 10.9. The number of carbonyl (C=O) groups is 3. The van der Waals surface area contributed by atoms with Gasteiger partial charge in [-0.15, -0.1) is 0 Å². The molecule has 112 valence electrons. The lowest BCUT2D eigenvalue weighted by atomic mass is 10.2. The Bertz CT molecular complexity index is 588. The van der Waals surface area contributed by atoms with Gasteiger partial charge in [0.1, 0.15) is 5.75 Å². The summed E-state index contributed by atoms with van der Waals surface area (Å²) in [7, 11) is 1.32. The minimum Gasteiger partial charge on any atom is -0.481 e. The van der Waals surface area contributed by atoms with Crippen molar-refractivity contribution in [2.75, 3.05) is 13.7 Å². The van der Waals surface area contributed by atoms with Crippen molar-refractivity contribution in [1.29, 1.82) is 0 Å². The highest BCUT2D eigenvalue weighted by molar-refractivity contribution is 9.10. The van der Waals surface area contributed by atoms with E-state index < -0.39 is 24.4 Å². The molecule has 3 N–H and O–H groups in total. The van der Waals surface area contributed by atoms with E-state index in [0.29, 0.717) is 10.0 Å². The summed E-state index contributed by atoms with van der Waals surface area (Å²) in [6, 6.07) is 4.83. The Morgan fingerprint density at radius 3 is 2.71 bits per heavy atom. The molecule has 0 saturated carbocycles. The minimum atomic E-state index is -1.12. The molecule has 21 heavy (non-hydrogen) atoms. The third-order valence-electron chi connectivity index (χ3n) is 2.13. The van der Waals surface area contributed by atoms with Crippen LogP contribution in [0.3, 0.4) is 0 Å². The molecule has 9 heteroatoms. The van der Waals surface area contributed by atoms with E-state index in [1.54, 1.807) is 18.2 Å². The molecule has 1 rings (SSSR count). The fourth-order valence-corrected chi connectivity index (χ4v) is 1.59. The van der Waals surface area contributed by atoms with E-state index in [0.717, 1.165) is 0 Å². The second-order valence-corrected chi connectivity index (χ2v) is 4.56. The SMILES string of the molecule is CNC(=O)C(=O)N/N=C\c1cc(Br)ccc1OCC(=O)O. The zero-order valence-corrected chi connectivity index (χ0v) is 12.5. The summed E-state index contributed by atoms with van der Waals surface area (Å²) in [4.78, 5) is 32.6. The number of hydrogen-bond donors (Lipinski definition) is 3. The Morgan fingerprint density at radius 1 is 1.38 bits per heavy atom. The number of carbonyl (C=O) groups excluding carboxylic acids is 2. The summed E-state index contributed by atoms with van der Waals surface area (Å²) in [5, 5.41) is 14.3. The molecule has 0 aromatic heterocycles. The quantitative estimate of drug-likeness (QED) is 0.392. The monoisotopic (exact) mass is 357 g/mol. The molecule has 0 saturated heterocycles. The van der Waals surface area contributed by atoms with E-state index in [2.05, 4.69) is 26.3 Å². The zero-order chi connectivity index (χ0) is 15.8. The molecule has 8 nitrogen and oxygen atoms in total. The Labute approximate surface area is 128 Å². The number of aliphatic carboxylic acids is 1. The van der Waals surface area contributed by atoms with Gasteiger partial charge < -0.3 is 15.2 Å². The number of likely N-dealkylation sites (N-methyl/N-ethyl adjacent to an activating group) is 1. The summed E-state index contributed by atoms with van der Waals surface area (Å²) in [6.45, 7) is -0.507. The van der Waals surface area contributed by atoms with Gasteiger partial charge in [0.2, 0.25) is 0 Å². The van der Waals surface area contributed by atoms with Crippen molar-refractivity contribution in [1.82, 2.24) is 10.7 Å². The topological polar surface area (TPSA) is 117 Å². The largest absolute Gasteiger partial charge is 0.481 e. The van der Waals surface area contributed by atoms with Gasteiger partial charge in [0.25, 0.3) is 0 Å². The molecule has 1 aromatic rings. The molecular weight excluding hydrogens is 346 g/mol. The van der Waals surface area contributed by atoms with Gasteiger partial charge >= 0.3 is 17.8 Å². The van der Waals surface area contributed by atoms with Crippen molar-refractivity contribution in [3.8, 4) is 5.75 Å². The van der Waals surface area contributed by atoms with E-state index in [9.17, 15) is 14.4 Å². The molecule has 0 spiro atoms. The number of ether oxygens (including phenoxy) is 1. The molecule has 0 fully saturated rings. The first-order valence-corrected chi connectivity index (χ1v) is 6.42. The number of halogens is 1. The van der Waals surface area contributed by atoms with Crippen molar-refractivity contribution >= 4 is 39.9 Å². The normalized spacial score (nSPS) is 10.2.